The first kappa shape index (κ1) is 14.7. The van der Waals surface area contributed by atoms with E-state index in [-0.39, 0.29) is 5.91 Å². The van der Waals surface area contributed by atoms with Crippen LogP contribution in [0.4, 0.5) is 0 Å². The summed E-state index contributed by atoms with van der Waals surface area (Å²) in [6.07, 6.45) is 3.11. The molecule has 5 rings (SSSR count). The molecule has 1 spiro atoms. The topological polar surface area (TPSA) is 50.7 Å². The number of para-hydroxylation sites is 1. The fourth-order valence-electron chi connectivity index (χ4n) is 4.25. The van der Waals surface area contributed by atoms with Crippen LogP contribution in [0.5, 0.6) is 5.75 Å². The van der Waals surface area contributed by atoms with Gasteiger partial charge in [0.05, 0.1) is 6.61 Å². The normalized spacial score (nSPS) is 24.2. The first-order valence-corrected chi connectivity index (χ1v) is 8.92. The highest BCUT2D eigenvalue weighted by molar-refractivity contribution is 6.14. The molecule has 2 aliphatic heterocycles. The van der Waals surface area contributed by atoms with Crippen molar-refractivity contribution in [3.05, 3.63) is 64.7 Å². The number of carbonyl (C=O) groups is 1. The highest BCUT2D eigenvalue weighted by atomic mass is 16.5. The Balaban J connectivity index is 1.81. The van der Waals surface area contributed by atoms with Gasteiger partial charge < -0.3 is 10.1 Å². The minimum absolute atomic E-state index is 0.0898. The quantitative estimate of drug-likeness (QED) is 0.873. The number of amides is 1. The highest BCUT2D eigenvalue weighted by Crippen LogP contribution is 2.49. The average molecular weight is 332 g/mol. The van der Waals surface area contributed by atoms with E-state index in [9.17, 15) is 4.79 Å². The molecule has 4 heteroatoms. The van der Waals surface area contributed by atoms with Gasteiger partial charge in [-0.1, -0.05) is 36.4 Å². The number of fused-ring (bicyclic) bond motifs is 4. The van der Waals surface area contributed by atoms with E-state index in [1.807, 2.05) is 31.3 Å². The summed E-state index contributed by atoms with van der Waals surface area (Å²) in [6, 6.07) is 14.5. The van der Waals surface area contributed by atoms with E-state index in [1.165, 1.54) is 18.4 Å². The predicted octanol–water partition coefficient (Wildman–Crippen LogP) is 3.14. The van der Waals surface area contributed by atoms with E-state index in [4.69, 9.17) is 4.74 Å². The molecule has 4 nitrogen and oxygen atoms in total. The Morgan fingerprint density at radius 3 is 2.80 bits per heavy atom. The van der Waals surface area contributed by atoms with Crippen molar-refractivity contribution in [2.45, 2.75) is 30.6 Å². The van der Waals surface area contributed by atoms with E-state index in [1.54, 1.807) is 0 Å². The molecule has 1 saturated carbocycles. The number of rotatable bonds is 1. The minimum Gasteiger partial charge on any atom is -0.493 e. The molecule has 2 aromatic carbocycles. The van der Waals surface area contributed by atoms with E-state index >= 15 is 0 Å². The van der Waals surface area contributed by atoms with Crippen LogP contribution >= 0.6 is 0 Å². The van der Waals surface area contributed by atoms with Crippen LogP contribution in [-0.2, 0) is 10.2 Å². The molecule has 2 heterocycles. The molecule has 1 atom stereocenters. The lowest BCUT2D eigenvalue weighted by Crippen LogP contribution is -2.46. The number of nitrogens with zero attached hydrogens (tertiary/aromatic N) is 1. The van der Waals surface area contributed by atoms with Gasteiger partial charge in [0.25, 0.3) is 5.91 Å². The van der Waals surface area contributed by atoms with Crippen LogP contribution < -0.4 is 10.1 Å². The number of hydrogen-bond donors (Lipinski definition) is 1. The van der Waals surface area contributed by atoms with Crippen LogP contribution in [-0.4, -0.2) is 25.4 Å². The number of carbonyl (C=O) groups excluding carboxylic acids is 1. The maximum atomic E-state index is 13.3. The molecule has 1 N–H and O–H groups in total. The molecule has 1 unspecified atom stereocenters. The van der Waals surface area contributed by atoms with Crippen LogP contribution in [0.2, 0.25) is 0 Å². The summed E-state index contributed by atoms with van der Waals surface area (Å²) >= 11 is 0. The Hall–Kier alpha value is -2.62. The maximum Gasteiger partial charge on any atom is 0.263 e. The fraction of sp³-hybridized carbons (Fsp3) is 0.333. The van der Waals surface area contributed by atoms with Crippen LogP contribution in [0, 0.1) is 0 Å². The van der Waals surface area contributed by atoms with E-state index in [2.05, 4.69) is 28.5 Å². The number of benzene rings is 2. The highest BCUT2D eigenvalue weighted by Gasteiger charge is 2.50. The average Bonchev–Trinajstić information content (AvgIpc) is 3.50. The van der Waals surface area contributed by atoms with Crippen molar-refractivity contribution >= 4 is 11.7 Å². The smallest absolute Gasteiger partial charge is 0.263 e. The van der Waals surface area contributed by atoms with Gasteiger partial charge in [0.2, 0.25) is 0 Å². The van der Waals surface area contributed by atoms with Crippen molar-refractivity contribution in [1.29, 1.82) is 0 Å². The van der Waals surface area contributed by atoms with Crippen molar-refractivity contribution in [3.8, 4) is 5.75 Å². The summed E-state index contributed by atoms with van der Waals surface area (Å²) in [4.78, 5) is 17.7. The zero-order valence-corrected chi connectivity index (χ0v) is 14.2. The molecule has 0 bridgehead atoms. The predicted molar refractivity (Wildman–Crippen MR) is 96.4 cm³/mol. The molecule has 2 aromatic rings. The van der Waals surface area contributed by atoms with Gasteiger partial charge in [0, 0.05) is 24.6 Å². The van der Waals surface area contributed by atoms with E-state index in [0.29, 0.717) is 24.8 Å². The van der Waals surface area contributed by atoms with Gasteiger partial charge in [-0.3, -0.25) is 4.79 Å². The molecule has 25 heavy (non-hydrogen) atoms. The molecule has 3 aliphatic rings. The number of nitrogens with one attached hydrogen (secondary N) is 1. The first-order chi connectivity index (χ1) is 12.2. The Morgan fingerprint density at radius 1 is 1.16 bits per heavy atom. The molecule has 0 aromatic heterocycles. The van der Waals surface area contributed by atoms with Gasteiger partial charge in [-0.15, -0.1) is 0 Å². The van der Waals surface area contributed by atoms with Gasteiger partial charge in [0.1, 0.15) is 17.0 Å². The van der Waals surface area contributed by atoms with Gasteiger partial charge >= 0.3 is 0 Å². The zero-order valence-electron chi connectivity index (χ0n) is 14.2. The summed E-state index contributed by atoms with van der Waals surface area (Å²) in [5, 5.41) is 3.10. The monoisotopic (exact) mass is 332 g/mol. The first-order valence-electron chi connectivity index (χ1n) is 8.92. The third kappa shape index (κ3) is 2.00. The Bertz CT molecular complexity index is 914. The number of aliphatic imine (C=N–C) groups is 1. The second kappa shape index (κ2) is 5.19. The largest absolute Gasteiger partial charge is 0.493 e. The molecular formula is C21H20N2O2. The van der Waals surface area contributed by atoms with Crippen molar-refractivity contribution in [2.75, 3.05) is 13.7 Å². The Kier molecular flexibility index (Phi) is 3.05. The van der Waals surface area contributed by atoms with Gasteiger partial charge in [-0.2, -0.15) is 4.99 Å². The van der Waals surface area contributed by atoms with Crippen molar-refractivity contribution in [3.63, 3.8) is 0 Å². The van der Waals surface area contributed by atoms with Gasteiger partial charge in [0.15, 0.2) is 0 Å². The summed E-state index contributed by atoms with van der Waals surface area (Å²) in [6.45, 7) is 0.528. The van der Waals surface area contributed by atoms with Crippen molar-refractivity contribution < 1.29 is 9.53 Å². The van der Waals surface area contributed by atoms with Crippen LogP contribution in [0.1, 0.15) is 47.4 Å². The Morgan fingerprint density at radius 2 is 2.00 bits per heavy atom. The molecule has 126 valence electrons. The van der Waals surface area contributed by atoms with Crippen molar-refractivity contribution in [1.82, 2.24) is 5.32 Å². The lowest BCUT2D eigenvalue weighted by molar-refractivity contribution is -0.123. The third-order valence-corrected chi connectivity index (χ3v) is 5.70. The van der Waals surface area contributed by atoms with Crippen LogP contribution in [0.3, 0.4) is 0 Å². The van der Waals surface area contributed by atoms with E-state index in [0.717, 1.165) is 22.4 Å². The molecule has 1 aliphatic carbocycles. The second-order valence-corrected chi connectivity index (χ2v) is 7.09. The van der Waals surface area contributed by atoms with E-state index < -0.39 is 5.41 Å². The molecule has 0 radical (unpaired) electrons. The second-order valence-electron chi connectivity index (χ2n) is 7.09. The number of amidine groups is 1. The maximum absolute atomic E-state index is 13.3. The van der Waals surface area contributed by atoms with Crippen LogP contribution in [0.25, 0.3) is 0 Å². The lowest BCUT2D eigenvalue weighted by Gasteiger charge is -2.40. The molecule has 0 saturated heterocycles. The molecule has 1 fully saturated rings. The summed E-state index contributed by atoms with van der Waals surface area (Å²) < 4.78 is 5.84. The number of hydrogen-bond acceptors (Lipinski definition) is 3. The zero-order chi connectivity index (χ0) is 17.0. The van der Waals surface area contributed by atoms with Gasteiger partial charge in [-0.25, -0.2) is 0 Å². The van der Waals surface area contributed by atoms with Gasteiger partial charge in [-0.05, 0) is 36.0 Å². The molecule has 1 amide bonds. The third-order valence-electron chi connectivity index (χ3n) is 5.70. The minimum atomic E-state index is -0.727. The van der Waals surface area contributed by atoms with Crippen LogP contribution in [0.15, 0.2) is 47.5 Å². The SMILES string of the molecule is CNC1=NC(=O)C2(CCOc3ccccc32)c2cc(C3CC3)ccc21. The standard InChI is InChI=1S/C21H20N2O2/c1-22-19-15-9-8-14(13-6-7-13)12-17(15)21(20(24)23-19)10-11-25-18-5-3-2-4-16(18)21/h2-5,8-9,12-13H,6-7,10-11H2,1H3,(H,22,23,24). The summed E-state index contributed by atoms with van der Waals surface area (Å²) in [7, 11) is 1.82. The van der Waals surface area contributed by atoms with Crippen molar-refractivity contribution in [2.24, 2.45) is 4.99 Å². The summed E-state index contributed by atoms with van der Waals surface area (Å²) in [5.41, 5.74) is 3.67. The summed E-state index contributed by atoms with van der Waals surface area (Å²) in [5.74, 6) is 2.02. The number of ether oxygens (including phenoxy) is 1. The lowest BCUT2D eigenvalue weighted by atomic mass is 9.67. The molecular weight excluding hydrogens is 312 g/mol. The Labute approximate surface area is 146 Å². The fourth-order valence-corrected chi connectivity index (χ4v) is 4.25.